The van der Waals surface area contributed by atoms with Crippen LogP contribution in [-0.4, -0.2) is 12.2 Å². The summed E-state index contributed by atoms with van der Waals surface area (Å²) in [6, 6.07) is 7.77. The second-order valence-corrected chi connectivity index (χ2v) is 2.85. The van der Waals surface area contributed by atoms with Crippen LogP contribution < -0.4 is 0 Å². The maximum atomic E-state index is 9.28. The molecule has 12 heavy (non-hydrogen) atoms. The highest BCUT2D eigenvalue weighted by atomic mass is 16.5. The van der Waals surface area contributed by atoms with E-state index in [0.29, 0.717) is 6.61 Å². The van der Waals surface area contributed by atoms with Gasteiger partial charge in [0.1, 0.15) is 0 Å². The molecule has 1 N–H and O–H groups in total. The molecule has 0 aliphatic carbocycles. The van der Waals surface area contributed by atoms with Crippen LogP contribution in [-0.2, 0) is 11.3 Å². The molecule has 0 heterocycles. The second-order valence-electron chi connectivity index (χ2n) is 2.85. The van der Waals surface area contributed by atoms with E-state index in [4.69, 9.17) is 4.74 Å². The summed E-state index contributed by atoms with van der Waals surface area (Å²) in [6.07, 6.45) is -0.401. The van der Waals surface area contributed by atoms with Crippen molar-refractivity contribution in [2.45, 2.75) is 19.6 Å². The van der Waals surface area contributed by atoms with Crippen LogP contribution in [0.3, 0.4) is 0 Å². The molecule has 1 aromatic carbocycles. The summed E-state index contributed by atoms with van der Waals surface area (Å²) < 4.78 is 4.98. The van der Waals surface area contributed by atoms with Crippen molar-refractivity contribution in [2.75, 3.05) is 7.11 Å². The topological polar surface area (TPSA) is 29.5 Å². The zero-order valence-corrected chi connectivity index (χ0v) is 7.45. The summed E-state index contributed by atoms with van der Waals surface area (Å²) in [7, 11) is 1.66. The number of hydrogen-bond donors (Lipinski definition) is 1. The Morgan fingerprint density at radius 1 is 1.50 bits per heavy atom. The van der Waals surface area contributed by atoms with E-state index < -0.39 is 6.10 Å². The molecule has 0 aromatic heterocycles. The largest absolute Gasteiger partial charge is 0.389 e. The van der Waals surface area contributed by atoms with E-state index in [1.165, 1.54) is 0 Å². The molecule has 1 aromatic rings. The van der Waals surface area contributed by atoms with Crippen LogP contribution in [0.2, 0.25) is 0 Å². The number of aliphatic hydroxyl groups is 1. The summed E-state index contributed by atoms with van der Waals surface area (Å²) in [5.41, 5.74) is 2.03. The van der Waals surface area contributed by atoms with Crippen molar-refractivity contribution in [2.24, 2.45) is 0 Å². The van der Waals surface area contributed by atoms with Gasteiger partial charge < -0.3 is 9.84 Å². The highest BCUT2D eigenvalue weighted by molar-refractivity contribution is 5.24. The zero-order chi connectivity index (χ0) is 8.97. The molecule has 0 bridgehead atoms. The summed E-state index contributed by atoms with van der Waals surface area (Å²) >= 11 is 0. The van der Waals surface area contributed by atoms with Crippen LogP contribution in [0.1, 0.15) is 24.2 Å². The van der Waals surface area contributed by atoms with Gasteiger partial charge in [-0.05, 0) is 18.1 Å². The van der Waals surface area contributed by atoms with Gasteiger partial charge in [0.25, 0.3) is 0 Å². The third kappa shape index (κ3) is 2.32. The van der Waals surface area contributed by atoms with Crippen molar-refractivity contribution in [1.29, 1.82) is 0 Å². The predicted molar refractivity (Wildman–Crippen MR) is 47.8 cm³/mol. The number of rotatable bonds is 3. The summed E-state index contributed by atoms with van der Waals surface area (Å²) in [5, 5.41) is 9.28. The monoisotopic (exact) mass is 166 g/mol. The smallest absolute Gasteiger partial charge is 0.0762 e. The molecular weight excluding hydrogens is 152 g/mol. The average molecular weight is 166 g/mol. The van der Waals surface area contributed by atoms with E-state index in [2.05, 4.69) is 0 Å². The van der Waals surface area contributed by atoms with Crippen molar-refractivity contribution in [3.05, 3.63) is 35.4 Å². The Morgan fingerprint density at radius 3 is 2.83 bits per heavy atom. The van der Waals surface area contributed by atoms with Crippen LogP contribution in [0, 0.1) is 0 Å². The fraction of sp³-hybridized carbons (Fsp3) is 0.400. The molecule has 1 rings (SSSR count). The quantitative estimate of drug-likeness (QED) is 0.743. The molecule has 1 atom stereocenters. The number of aliphatic hydroxyl groups excluding tert-OH is 1. The van der Waals surface area contributed by atoms with Gasteiger partial charge in [0, 0.05) is 7.11 Å². The van der Waals surface area contributed by atoms with Gasteiger partial charge in [0.2, 0.25) is 0 Å². The molecule has 0 saturated carbocycles. The first-order valence-electron chi connectivity index (χ1n) is 4.00. The molecule has 2 heteroatoms. The molecule has 0 aliphatic heterocycles. The lowest BCUT2D eigenvalue weighted by Gasteiger charge is -2.06. The Kier molecular flexibility index (Phi) is 3.26. The zero-order valence-electron chi connectivity index (χ0n) is 7.45. The lowest BCUT2D eigenvalue weighted by Crippen LogP contribution is -1.93. The van der Waals surface area contributed by atoms with Gasteiger partial charge in [-0.3, -0.25) is 0 Å². The van der Waals surface area contributed by atoms with Crippen LogP contribution in [0.4, 0.5) is 0 Å². The van der Waals surface area contributed by atoms with Crippen molar-refractivity contribution in [1.82, 2.24) is 0 Å². The third-order valence-electron chi connectivity index (χ3n) is 1.74. The Labute approximate surface area is 72.8 Å². The fourth-order valence-corrected chi connectivity index (χ4v) is 1.11. The summed E-state index contributed by atoms with van der Waals surface area (Å²) in [6.45, 7) is 2.35. The van der Waals surface area contributed by atoms with Crippen LogP contribution in [0.25, 0.3) is 0 Å². The van der Waals surface area contributed by atoms with E-state index >= 15 is 0 Å². The van der Waals surface area contributed by atoms with Gasteiger partial charge in [0.05, 0.1) is 12.7 Å². The van der Waals surface area contributed by atoms with E-state index in [-0.39, 0.29) is 0 Å². The van der Waals surface area contributed by atoms with E-state index in [0.717, 1.165) is 11.1 Å². The molecule has 0 radical (unpaired) electrons. The fourth-order valence-electron chi connectivity index (χ4n) is 1.11. The van der Waals surface area contributed by atoms with Crippen molar-refractivity contribution in [3.8, 4) is 0 Å². The van der Waals surface area contributed by atoms with Gasteiger partial charge in [-0.15, -0.1) is 0 Å². The maximum absolute atomic E-state index is 9.28. The van der Waals surface area contributed by atoms with Gasteiger partial charge in [-0.2, -0.15) is 0 Å². The van der Waals surface area contributed by atoms with Crippen LogP contribution in [0.5, 0.6) is 0 Å². The van der Waals surface area contributed by atoms with E-state index in [9.17, 15) is 5.11 Å². The molecule has 0 saturated heterocycles. The third-order valence-corrected chi connectivity index (χ3v) is 1.74. The van der Waals surface area contributed by atoms with Crippen molar-refractivity contribution >= 4 is 0 Å². The molecular formula is C10H14O2. The summed E-state index contributed by atoms with van der Waals surface area (Å²) in [5.74, 6) is 0. The van der Waals surface area contributed by atoms with E-state index in [1.807, 2.05) is 24.3 Å². The molecule has 0 aliphatic rings. The Bertz CT molecular complexity index is 243. The Balaban J connectivity index is 2.81. The number of hydrogen-bond acceptors (Lipinski definition) is 2. The molecule has 0 fully saturated rings. The molecule has 66 valence electrons. The SMILES string of the molecule is COCc1cccc([C@@H](C)O)c1. The Morgan fingerprint density at radius 2 is 2.25 bits per heavy atom. The molecule has 2 nitrogen and oxygen atoms in total. The summed E-state index contributed by atoms with van der Waals surface area (Å²) in [4.78, 5) is 0. The van der Waals surface area contributed by atoms with Crippen molar-refractivity contribution < 1.29 is 9.84 Å². The van der Waals surface area contributed by atoms with Gasteiger partial charge >= 0.3 is 0 Å². The average Bonchev–Trinajstić information content (AvgIpc) is 2.05. The minimum absolute atomic E-state index is 0.401. The molecule has 0 amide bonds. The number of benzene rings is 1. The maximum Gasteiger partial charge on any atom is 0.0762 e. The Hall–Kier alpha value is -0.860. The van der Waals surface area contributed by atoms with Gasteiger partial charge in [-0.1, -0.05) is 24.3 Å². The number of ether oxygens (including phenoxy) is 1. The lowest BCUT2D eigenvalue weighted by atomic mass is 10.1. The standard InChI is InChI=1S/C10H14O2/c1-8(11)10-5-3-4-9(6-10)7-12-2/h3-6,8,11H,7H2,1-2H3/t8-/m1/s1. The second kappa shape index (κ2) is 4.24. The van der Waals surface area contributed by atoms with Gasteiger partial charge in [0.15, 0.2) is 0 Å². The van der Waals surface area contributed by atoms with Crippen molar-refractivity contribution in [3.63, 3.8) is 0 Å². The highest BCUT2D eigenvalue weighted by Crippen LogP contribution is 2.13. The van der Waals surface area contributed by atoms with Crippen LogP contribution in [0.15, 0.2) is 24.3 Å². The normalized spacial score (nSPS) is 12.9. The number of methoxy groups -OCH3 is 1. The van der Waals surface area contributed by atoms with Crippen LogP contribution >= 0.6 is 0 Å². The minimum atomic E-state index is -0.401. The first-order chi connectivity index (χ1) is 5.74. The molecule has 0 spiro atoms. The highest BCUT2D eigenvalue weighted by Gasteiger charge is 2.00. The lowest BCUT2D eigenvalue weighted by molar-refractivity contribution is 0.183. The molecule has 0 unspecified atom stereocenters. The first kappa shape index (κ1) is 9.23. The van der Waals surface area contributed by atoms with Gasteiger partial charge in [-0.25, -0.2) is 0 Å². The first-order valence-corrected chi connectivity index (χ1v) is 4.00. The van der Waals surface area contributed by atoms with E-state index in [1.54, 1.807) is 14.0 Å². The minimum Gasteiger partial charge on any atom is -0.389 e. The predicted octanol–water partition coefficient (Wildman–Crippen LogP) is 1.89.